The molecule has 25 heavy (non-hydrogen) atoms. The molecular formula is C17H18ClF2N3O2. The third kappa shape index (κ3) is 3.42. The minimum atomic E-state index is -2.59. The number of nitrogens with zero attached hydrogens (tertiary/aromatic N) is 2. The molecule has 8 heteroatoms. The number of carbonyl (C=O) groups is 1. The average Bonchev–Trinajstić information content (AvgIpc) is 3.01. The van der Waals surface area contributed by atoms with Gasteiger partial charge in [0.05, 0.1) is 0 Å². The SMILES string of the molecule is O=C(NCC1CC1(F)F)C1CCN(c2nc3ccc(Cl)cc3o2)CC1. The van der Waals surface area contributed by atoms with E-state index in [-0.39, 0.29) is 24.8 Å². The number of amides is 1. The van der Waals surface area contributed by atoms with Crippen LogP contribution in [-0.4, -0.2) is 36.4 Å². The fourth-order valence-electron chi connectivity index (χ4n) is 3.21. The van der Waals surface area contributed by atoms with Crippen LogP contribution in [0, 0.1) is 11.8 Å². The second-order valence-electron chi connectivity index (χ2n) is 6.78. The fraction of sp³-hybridized carbons (Fsp3) is 0.529. The van der Waals surface area contributed by atoms with Gasteiger partial charge in [0.25, 0.3) is 11.9 Å². The topological polar surface area (TPSA) is 58.4 Å². The molecule has 134 valence electrons. The monoisotopic (exact) mass is 369 g/mol. The first-order valence-corrected chi connectivity index (χ1v) is 8.77. The number of rotatable bonds is 4. The molecule has 1 aromatic carbocycles. The predicted octanol–water partition coefficient (Wildman–Crippen LogP) is 3.47. The summed E-state index contributed by atoms with van der Waals surface area (Å²) in [5.41, 5.74) is 1.37. The van der Waals surface area contributed by atoms with E-state index in [1.165, 1.54) is 0 Å². The van der Waals surface area contributed by atoms with Crippen molar-refractivity contribution in [1.82, 2.24) is 10.3 Å². The minimum Gasteiger partial charge on any atom is -0.423 e. The highest BCUT2D eigenvalue weighted by Crippen LogP contribution is 2.48. The number of piperidine rings is 1. The lowest BCUT2D eigenvalue weighted by Gasteiger charge is -2.30. The van der Waals surface area contributed by atoms with Crippen LogP contribution in [0.4, 0.5) is 14.8 Å². The summed E-state index contributed by atoms with van der Waals surface area (Å²) in [4.78, 5) is 18.6. The molecule has 5 nitrogen and oxygen atoms in total. The van der Waals surface area contributed by atoms with Gasteiger partial charge in [-0.1, -0.05) is 11.6 Å². The lowest BCUT2D eigenvalue weighted by atomic mass is 9.96. The van der Waals surface area contributed by atoms with E-state index in [2.05, 4.69) is 10.3 Å². The van der Waals surface area contributed by atoms with E-state index >= 15 is 0 Å². The first-order chi connectivity index (χ1) is 11.9. The van der Waals surface area contributed by atoms with Gasteiger partial charge in [0.15, 0.2) is 5.58 Å². The number of halogens is 3. The fourth-order valence-corrected chi connectivity index (χ4v) is 3.38. The molecule has 0 spiro atoms. The van der Waals surface area contributed by atoms with Crippen LogP contribution in [0.3, 0.4) is 0 Å². The molecule has 1 N–H and O–H groups in total. The van der Waals surface area contributed by atoms with E-state index in [9.17, 15) is 13.6 Å². The number of oxazole rings is 1. The number of aromatic nitrogens is 1. The summed E-state index contributed by atoms with van der Waals surface area (Å²) in [5, 5.41) is 3.25. The lowest BCUT2D eigenvalue weighted by Crippen LogP contribution is -2.41. The molecule has 1 aliphatic carbocycles. The second kappa shape index (κ2) is 6.12. The van der Waals surface area contributed by atoms with Gasteiger partial charge in [-0.2, -0.15) is 4.98 Å². The lowest BCUT2D eigenvalue weighted by molar-refractivity contribution is -0.125. The van der Waals surface area contributed by atoms with E-state index < -0.39 is 11.8 Å². The molecule has 1 aliphatic heterocycles. The Morgan fingerprint density at radius 2 is 2.12 bits per heavy atom. The molecule has 1 unspecified atom stereocenters. The van der Waals surface area contributed by atoms with Crippen molar-refractivity contribution in [2.45, 2.75) is 25.2 Å². The summed E-state index contributed by atoms with van der Waals surface area (Å²) in [5.74, 6) is -3.57. The molecule has 1 aromatic heterocycles. The van der Waals surface area contributed by atoms with Gasteiger partial charge in [-0.05, 0) is 25.0 Å². The first-order valence-electron chi connectivity index (χ1n) is 8.39. The Balaban J connectivity index is 1.32. The highest BCUT2D eigenvalue weighted by atomic mass is 35.5. The van der Waals surface area contributed by atoms with E-state index in [1.54, 1.807) is 18.2 Å². The third-order valence-electron chi connectivity index (χ3n) is 4.95. The van der Waals surface area contributed by atoms with Gasteiger partial charge in [0.1, 0.15) is 5.52 Å². The van der Waals surface area contributed by atoms with Crippen molar-refractivity contribution in [1.29, 1.82) is 0 Å². The van der Waals surface area contributed by atoms with Crippen LogP contribution in [-0.2, 0) is 4.79 Å². The van der Waals surface area contributed by atoms with Crippen LogP contribution in [0.5, 0.6) is 0 Å². The summed E-state index contributed by atoms with van der Waals surface area (Å²) >= 11 is 5.95. The number of hydrogen-bond acceptors (Lipinski definition) is 4. The highest BCUT2D eigenvalue weighted by molar-refractivity contribution is 6.31. The van der Waals surface area contributed by atoms with E-state index in [0.717, 1.165) is 5.52 Å². The van der Waals surface area contributed by atoms with Crippen LogP contribution in [0.2, 0.25) is 5.02 Å². The average molecular weight is 370 g/mol. The molecule has 0 radical (unpaired) electrons. The van der Waals surface area contributed by atoms with Crippen molar-refractivity contribution in [2.24, 2.45) is 11.8 Å². The zero-order valence-electron chi connectivity index (χ0n) is 13.5. The van der Waals surface area contributed by atoms with Gasteiger partial charge in [-0.15, -0.1) is 0 Å². The van der Waals surface area contributed by atoms with Gasteiger partial charge in [0, 0.05) is 49.0 Å². The van der Waals surface area contributed by atoms with E-state index in [4.69, 9.17) is 16.0 Å². The Labute approximate surface area is 148 Å². The molecule has 2 aliphatic rings. The maximum absolute atomic E-state index is 12.9. The number of benzene rings is 1. The minimum absolute atomic E-state index is 0.0674. The Bertz CT molecular complexity index is 802. The summed E-state index contributed by atoms with van der Waals surface area (Å²) in [6.07, 6.45) is 1.17. The molecule has 2 heterocycles. The molecule has 4 rings (SSSR count). The van der Waals surface area contributed by atoms with Crippen molar-refractivity contribution >= 4 is 34.6 Å². The zero-order valence-corrected chi connectivity index (χ0v) is 14.2. The highest BCUT2D eigenvalue weighted by Gasteiger charge is 2.56. The van der Waals surface area contributed by atoms with Gasteiger partial charge >= 0.3 is 0 Å². The third-order valence-corrected chi connectivity index (χ3v) is 5.19. The Kier molecular flexibility index (Phi) is 4.06. The Morgan fingerprint density at radius 3 is 2.80 bits per heavy atom. The van der Waals surface area contributed by atoms with E-state index in [1.807, 2.05) is 4.90 Å². The quantitative estimate of drug-likeness (QED) is 0.896. The molecule has 0 bridgehead atoms. The molecule has 1 amide bonds. The zero-order chi connectivity index (χ0) is 17.6. The van der Waals surface area contributed by atoms with Crippen LogP contribution < -0.4 is 10.2 Å². The molecule has 1 saturated carbocycles. The maximum atomic E-state index is 12.9. The summed E-state index contributed by atoms with van der Waals surface area (Å²) < 4.78 is 31.5. The number of anilines is 1. The summed E-state index contributed by atoms with van der Waals surface area (Å²) in [6, 6.07) is 5.81. The van der Waals surface area contributed by atoms with Crippen molar-refractivity contribution in [2.75, 3.05) is 24.5 Å². The van der Waals surface area contributed by atoms with Crippen molar-refractivity contribution < 1.29 is 18.0 Å². The van der Waals surface area contributed by atoms with Gasteiger partial charge in [-0.25, -0.2) is 8.78 Å². The van der Waals surface area contributed by atoms with Crippen LogP contribution in [0.25, 0.3) is 11.1 Å². The molecule has 1 saturated heterocycles. The molecular weight excluding hydrogens is 352 g/mol. The molecule has 2 aromatic rings. The summed E-state index contributed by atoms with van der Waals surface area (Å²) in [6.45, 7) is 1.34. The van der Waals surface area contributed by atoms with E-state index in [0.29, 0.717) is 42.6 Å². The predicted molar refractivity (Wildman–Crippen MR) is 90.0 cm³/mol. The van der Waals surface area contributed by atoms with Crippen molar-refractivity contribution in [3.8, 4) is 0 Å². The molecule has 1 atom stereocenters. The van der Waals surface area contributed by atoms with Crippen molar-refractivity contribution in [3.63, 3.8) is 0 Å². The van der Waals surface area contributed by atoms with Gasteiger partial charge in [0.2, 0.25) is 5.91 Å². The van der Waals surface area contributed by atoms with Gasteiger partial charge in [-0.3, -0.25) is 4.79 Å². The Hall–Kier alpha value is -1.89. The van der Waals surface area contributed by atoms with Crippen molar-refractivity contribution in [3.05, 3.63) is 23.2 Å². The number of fused-ring (bicyclic) bond motifs is 1. The standard InChI is InChI=1S/C17H18ClF2N3O2/c18-12-1-2-13-14(7-12)25-16(22-13)23-5-3-10(4-6-23)15(24)21-9-11-8-17(11,19)20/h1-2,7,10-11H,3-6,8-9H2,(H,21,24). The second-order valence-corrected chi connectivity index (χ2v) is 7.21. The first kappa shape index (κ1) is 16.6. The molecule has 2 fully saturated rings. The normalized spacial score (nSPS) is 23.0. The number of nitrogens with one attached hydrogen (secondary N) is 1. The van der Waals surface area contributed by atoms with Gasteiger partial charge < -0.3 is 14.6 Å². The largest absolute Gasteiger partial charge is 0.423 e. The summed E-state index contributed by atoms with van der Waals surface area (Å²) in [7, 11) is 0. The number of hydrogen-bond donors (Lipinski definition) is 1. The van der Waals surface area contributed by atoms with Crippen LogP contribution in [0.1, 0.15) is 19.3 Å². The van der Waals surface area contributed by atoms with Crippen LogP contribution in [0.15, 0.2) is 22.6 Å². The maximum Gasteiger partial charge on any atom is 0.298 e. The Morgan fingerprint density at radius 1 is 1.40 bits per heavy atom. The number of carbonyl (C=O) groups excluding carboxylic acids is 1. The van der Waals surface area contributed by atoms with Crippen LogP contribution >= 0.6 is 11.6 Å². The smallest absolute Gasteiger partial charge is 0.298 e. The number of alkyl halides is 2.